The fourth-order valence-corrected chi connectivity index (χ4v) is 0.818. The lowest BCUT2D eigenvalue weighted by molar-refractivity contribution is 0.0968. The molecule has 0 fully saturated rings. The summed E-state index contributed by atoms with van der Waals surface area (Å²) in [6, 6.07) is 1.30. The van der Waals surface area contributed by atoms with E-state index in [1.807, 2.05) is 0 Å². The number of primary amides is 1. The maximum absolute atomic E-state index is 11.8. The van der Waals surface area contributed by atoms with Crippen molar-refractivity contribution in [3.63, 3.8) is 0 Å². The van der Waals surface area contributed by atoms with Crippen LogP contribution in [0.3, 0.4) is 0 Å². The zero-order valence-electron chi connectivity index (χ0n) is 6.08. The first kappa shape index (κ1) is 8.63. The molecule has 0 atom stereocenters. The van der Waals surface area contributed by atoms with Crippen LogP contribution in [0.2, 0.25) is 0 Å². The molecule has 66 valence electrons. The van der Waals surface area contributed by atoms with E-state index in [9.17, 15) is 13.6 Å². The zero-order valence-corrected chi connectivity index (χ0v) is 6.08. The normalized spacial score (nSPS) is 10.6. The molecule has 1 aromatic heterocycles. The molecule has 0 aliphatic heterocycles. The van der Waals surface area contributed by atoms with Crippen molar-refractivity contribution >= 4 is 5.91 Å². The van der Waals surface area contributed by atoms with Crippen LogP contribution >= 0.6 is 0 Å². The Balaban J connectivity index is 2.84. The first-order valence-electron chi connectivity index (χ1n) is 3.21. The molecule has 0 spiro atoms. The van der Waals surface area contributed by atoms with E-state index in [1.54, 1.807) is 0 Å². The largest absolute Gasteiger partial charge is 0.364 e. The lowest BCUT2D eigenvalue weighted by atomic mass is 10.4. The molecule has 0 aliphatic rings. The van der Waals surface area contributed by atoms with Gasteiger partial charge in [-0.25, -0.2) is 8.78 Å². The van der Waals surface area contributed by atoms with Gasteiger partial charge in [-0.2, -0.15) is 5.10 Å². The van der Waals surface area contributed by atoms with Gasteiger partial charge in [-0.05, 0) is 6.07 Å². The number of aromatic nitrogens is 2. The van der Waals surface area contributed by atoms with E-state index in [1.165, 1.54) is 12.3 Å². The Bertz CT molecular complexity index is 284. The predicted molar refractivity (Wildman–Crippen MR) is 36.7 cm³/mol. The second-order valence-electron chi connectivity index (χ2n) is 2.15. The van der Waals surface area contributed by atoms with Crippen LogP contribution < -0.4 is 5.73 Å². The maximum Gasteiger partial charge on any atom is 0.266 e. The number of carbonyl (C=O) groups is 1. The number of carbonyl (C=O) groups excluding carboxylic acids is 1. The molecule has 0 aliphatic carbocycles. The van der Waals surface area contributed by atoms with Gasteiger partial charge in [0.25, 0.3) is 12.3 Å². The Kier molecular flexibility index (Phi) is 2.37. The lowest BCUT2D eigenvalue weighted by Gasteiger charge is -2.02. The van der Waals surface area contributed by atoms with E-state index in [2.05, 4.69) is 5.10 Å². The average molecular weight is 175 g/mol. The van der Waals surface area contributed by atoms with Crippen molar-refractivity contribution in [3.8, 4) is 0 Å². The van der Waals surface area contributed by atoms with Gasteiger partial charge in [0.15, 0.2) is 0 Å². The van der Waals surface area contributed by atoms with E-state index in [0.717, 1.165) is 4.68 Å². The Morgan fingerprint density at radius 3 is 2.92 bits per heavy atom. The van der Waals surface area contributed by atoms with Gasteiger partial charge in [0, 0.05) is 6.20 Å². The minimum Gasteiger partial charge on any atom is -0.364 e. The first-order chi connectivity index (χ1) is 5.61. The van der Waals surface area contributed by atoms with E-state index in [-0.39, 0.29) is 5.69 Å². The highest BCUT2D eigenvalue weighted by Gasteiger charge is 2.11. The highest BCUT2D eigenvalue weighted by Crippen LogP contribution is 2.02. The van der Waals surface area contributed by atoms with Crippen LogP contribution in [0.1, 0.15) is 10.5 Å². The SMILES string of the molecule is NC(=O)c1ccnn1CC(F)F. The van der Waals surface area contributed by atoms with Crippen molar-refractivity contribution in [2.75, 3.05) is 0 Å². The number of halogens is 2. The van der Waals surface area contributed by atoms with Crippen LogP contribution in [0.4, 0.5) is 8.78 Å². The van der Waals surface area contributed by atoms with Crippen LogP contribution in [-0.2, 0) is 6.54 Å². The Labute approximate surface area is 67.0 Å². The van der Waals surface area contributed by atoms with Crippen molar-refractivity contribution in [2.45, 2.75) is 13.0 Å². The molecule has 0 saturated carbocycles. The molecule has 0 bridgehead atoms. The van der Waals surface area contributed by atoms with Crippen LogP contribution in [0, 0.1) is 0 Å². The molecule has 0 radical (unpaired) electrons. The molecular formula is C6H7F2N3O. The molecule has 0 unspecified atom stereocenters. The molecular weight excluding hydrogens is 168 g/mol. The van der Waals surface area contributed by atoms with Gasteiger partial charge in [0.2, 0.25) is 0 Å². The molecule has 0 saturated heterocycles. The third-order valence-electron chi connectivity index (χ3n) is 1.28. The van der Waals surface area contributed by atoms with Crippen LogP contribution in [0.25, 0.3) is 0 Å². The summed E-state index contributed by atoms with van der Waals surface area (Å²) >= 11 is 0. The second-order valence-corrected chi connectivity index (χ2v) is 2.15. The number of nitrogens with zero attached hydrogens (tertiary/aromatic N) is 2. The zero-order chi connectivity index (χ0) is 9.14. The highest BCUT2D eigenvalue weighted by atomic mass is 19.3. The van der Waals surface area contributed by atoms with Crippen LogP contribution in [-0.4, -0.2) is 22.1 Å². The maximum atomic E-state index is 11.8. The summed E-state index contributed by atoms with van der Waals surface area (Å²) in [5.74, 6) is -0.756. The van der Waals surface area contributed by atoms with Crippen molar-refractivity contribution in [2.24, 2.45) is 5.73 Å². The van der Waals surface area contributed by atoms with Gasteiger partial charge >= 0.3 is 0 Å². The van der Waals surface area contributed by atoms with E-state index >= 15 is 0 Å². The number of nitrogens with two attached hydrogens (primary N) is 1. The third-order valence-corrected chi connectivity index (χ3v) is 1.28. The van der Waals surface area contributed by atoms with Crippen LogP contribution in [0.5, 0.6) is 0 Å². The van der Waals surface area contributed by atoms with E-state index < -0.39 is 18.9 Å². The highest BCUT2D eigenvalue weighted by molar-refractivity contribution is 5.90. The average Bonchev–Trinajstić information content (AvgIpc) is 2.33. The molecule has 1 aromatic rings. The van der Waals surface area contributed by atoms with Crippen molar-refractivity contribution in [1.29, 1.82) is 0 Å². The molecule has 1 heterocycles. The second kappa shape index (κ2) is 3.29. The summed E-state index contributed by atoms with van der Waals surface area (Å²) in [6.07, 6.45) is -1.29. The number of hydrogen-bond donors (Lipinski definition) is 1. The summed E-state index contributed by atoms with van der Waals surface area (Å²) in [5, 5.41) is 3.51. The topological polar surface area (TPSA) is 60.9 Å². The summed E-state index contributed by atoms with van der Waals surface area (Å²) in [7, 11) is 0. The van der Waals surface area contributed by atoms with Crippen molar-refractivity contribution in [3.05, 3.63) is 18.0 Å². The van der Waals surface area contributed by atoms with Crippen molar-refractivity contribution in [1.82, 2.24) is 9.78 Å². The summed E-state index contributed by atoms with van der Waals surface area (Å²) in [6.45, 7) is -0.606. The standard InChI is InChI=1S/C6H7F2N3O/c7-5(8)3-11-4(6(9)12)1-2-10-11/h1-2,5H,3H2,(H2,9,12). The van der Waals surface area contributed by atoms with Gasteiger partial charge in [-0.1, -0.05) is 0 Å². The fraction of sp³-hybridized carbons (Fsp3) is 0.333. The predicted octanol–water partition coefficient (Wildman–Crippen LogP) is 0.247. The summed E-state index contributed by atoms with van der Waals surface area (Å²) in [5.41, 5.74) is 4.89. The number of hydrogen-bond acceptors (Lipinski definition) is 2. The molecule has 4 nitrogen and oxygen atoms in total. The molecule has 6 heteroatoms. The smallest absolute Gasteiger partial charge is 0.266 e. The summed E-state index contributed by atoms with van der Waals surface area (Å²) in [4.78, 5) is 10.6. The fourth-order valence-electron chi connectivity index (χ4n) is 0.818. The number of amides is 1. The quantitative estimate of drug-likeness (QED) is 0.715. The Morgan fingerprint density at radius 1 is 1.75 bits per heavy atom. The molecule has 1 amide bonds. The van der Waals surface area contributed by atoms with Gasteiger partial charge in [-0.3, -0.25) is 9.48 Å². The van der Waals surface area contributed by atoms with Crippen molar-refractivity contribution < 1.29 is 13.6 Å². The third kappa shape index (κ3) is 1.77. The number of alkyl halides is 2. The van der Waals surface area contributed by atoms with E-state index in [0.29, 0.717) is 0 Å². The minimum absolute atomic E-state index is 0.00435. The minimum atomic E-state index is -2.54. The monoisotopic (exact) mass is 175 g/mol. The molecule has 1 rings (SSSR count). The van der Waals surface area contributed by atoms with Crippen LogP contribution in [0.15, 0.2) is 12.3 Å². The molecule has 2 N–H and O–H groups in total. The van der Waals surface area contributed by atoms with Gasteiger partial charge in [-0.15, -0.1) is 0 Å². The number of rotatable bonds is 3. The Morgan fingerprint density at radius 2 is 2.42 bits per heavy atom. The first-order valence-corrected chi connectivity index (χ1v) is 3.21. The summed E-state index contributed by atoms with van der Waals surface area (Å²) < 4.78 is 24.5. The Hall–Kier alpha value is -1.46. The van der Waals surface area contributed by atoms with Gasteiger partial charge in [0.1, 0.15) is 12.2 Å². The van der Waals surface area contributed by atoms with Gasteiger partial charge < -0.3 is 5.73 Å². The lowest BCUT2D eigenvalue weighted by Crippen LogP contribution is -2.20. The van der Waals surface area contributed by atoms with E-state index in [4.69, 9.17) is 5.73 Å². The molecule has 0 aromatic carbocycles. The molecule has 12 heavy (non-hydrogen) atoms. The van der Waals surface area contributed by atoms with Gasteiger partial charge in [0.05, 0.1) is 0 Å².